The third kappa shape index (κ3) is 12.8. The van der Waals surface area contributed by atoms with E-state index < -0.39 is 5.97 Å². The molecule has 0 amide bonds. The Morgan fingerprint density at radius 1 is 0.778 bits per heavy atom. The second kappa shape index (κ2) is 19.3. The van der Waals surface area contributed by atoms with Gasteiger partial charge in [0.15, 0.2) is 0 Å². The Morgan fingerprint density at radius 3 is 2.13 bits per heavy atom. The maximum Gasteiger partial charge on any atom is 0.343 e. The second-order valence-corrected chi connectivity index (χ2v) is 10.9. The summed E-state index contributed by atoms with van der Waals surface area (Å²) in [4.78, 5) is 36.0. The van der Waals surface area contributed by atoms with Gasteiger partial charge in [-0.15, -0.1) is 0 Å². The smallest absolute Gasteiger partial charge is 0.343 e. The molecule has 0 spiro atoms. The summed E-state index contributed by atoms with van der Waals surface area (Å²) in [5.74, 6) is -0.529. The Morgan fingerprint density at radius 2 is 1.47 bits per heavy atom. The summed E-state index contributed by atoms with van der Waals surface area (Å²) in [6, 6.07) is 19.6. The summed E-state index contributed by atoms with van der Waals surface area (Å²) in [7, 11) is 0. The van der Waals surface area contributed by atoms with Gasteiger partial charge in [0.05, 0.1) is 36.3 Å². The minimum atomic E-state index is -0.550. The van der Waals surface area contributed by atoms with Gasteiger partial charge in [-0.2, -0.15) is 0 Å². The fraction of sp³-hybridized carbons (Fsp3) is 0.361. The molecule has 0 unspecified atom stereocenters. The van der Waals surface area contributed by atoms with Crippen LogP contribution in [0.15, 0.2) is 72.8 Å². The summed E-state index contributed by atoms with van der Waals surface area (Å²) in [6.07, 6.45) is 7.42. The molecule has 0 fully saturated rings. The van der Waals surface area contributed by atoms with Crippen molar-refractivity contribution >= 4 is 35.6 Å². The molecule has 8 nitrogen and oxygen atoms in total. The van der Waals surface area contributed by atoms with E-state index in [2.05, 4.69) is 6.92 Å². The van der Waals surface area contributed by atoms with Gasteiger partial charge in [-0.05, 0) is 59.5 Å². The lowest BCUT2D eigenvalue weighted by atomic mass is 10.0. The Balaban J connectivity index is 1.43. The minimum absolute atomic E-state index is 0.176. The topological polar surface area (TPSA) is 97.4 Å². The van der Waals surface area contributed by atoms with Crippen molar-refractivity contribution in [3.05, 3.63) is 89.0 Å². The molecule has 0 saturated carbocycles. The molecular weight excluding hydrogens is 596 g/mol. The highest BCUT2D eigenvalue weighted by Gasteiger charge is 2.13. The zero-order valence-electron chi connectivity index (χ0n) is 26.1. The Bertz CT molecular complexity index is 1400. The highest BCUT2D eigenvalue weighted by molar-refractivity contribution is 6.32. The predicted octanol–water partition coefficient (Wildman–Crippen LogP) is 7.96. The quantitative estimate of drug-likeness (QED) is 0.0600. The summed E-state index contributed by atoms with van der Waals surface area (Å²) < 4.78 is 26.8. The zero-order valence-corrected chi connectivity index (χ0v) is 26.8. The molecule has 3 rings (SSSR count). The van der Waals surface area contributed by atoms with E-state index in [-0.39, 0.29) is 54.9 Å². The van der Waals surface area contributed by atoms with Gasteiger partial charge in [0.25, 0.3) is 0 Å². The van der Waals surface area contributed by atoms with Crippen LogP contribution in [0.25, 0.3) is 17.2 Å². The molecule has 0 bridgehead atoms. The van der Waals surface area contributed by atoms with E-state index in [0.29, 0.717) is 18.1 Å². The molecule has 0 aliphatic carbocycles. The zero-order chi connectivity index (χ0) is 32.4. The highest BCUT2D eigenvalue weighted by Crippen LogP contribution is 2.27. The number of halogens is 1. The molecule has 0 aromatic heterocycles. The van der Waals surface area contributed by atoms with Gasteiger partial charge in [0, 0.05) is 6.08 Å². The van der Waals surface area contributed by atoms with Crippen LogP contribution in [0.2, 0.25) is 5.02 Å². The Labute approximate surface area is 270 Å². The van der Waals surface area contributed by atoms with E-state index in [1.807, 2.05) is 36.4 Å². The lowest BCUT2D eigenvalue weighted by Crippen LogP contribution is -2.16. The van der Waals surface area contributed by atoms with Crippen LogP contribution in [0.3, 0.4) is 0 Å². The van der Waals surface area contributed by atoms with Gasteiger partial charge in [0.2, 0.25) is 0 Å². The molecule has 3 aromatic rings. The predicted molar refractivity (Wildman–Crippen MR) is 175 cm³/mol. The Hall–Kier alpha value is -4.14. The third-order valence-corrected chi connectivity index (χ3v) is 6.85. The molecule has 0 saturated heterocycles. The van der Waals surface area contributed by atoms with Crippen molar-refractivity contribution in [2.45, 2.75) is 46.5 Å². The maximum atomic E-state index is 12.7. The van der Waals surface area contributed by atoms with Crippen LogP contribution in [0, 0.1) is 5.92 Å². The largest absolute Gasteiger partial charge is 0.490 e. The number of unbranched alkanes of at least 4 members (excludes halogenated alkanes) is 3. The lowest BCUT2D eigenvalue weighted by Gasteiger charge is -2.11. The van der Waals surface area contributed by atoms with Crippen LogP contribution in [-0.2, 0) is 23.8 Å². The van der Waals surface area contributed by atoms with Crippen molar-refractivity contribution in [2.75, 3.05) is 33.0 Å². The van der Waals surface area contributed by atoms with Gasteiger partial charge < -0.3 is 23.7 Å². The first-order valence-electron chi connectivity index (χ1n) is 15.2. The average Bonchev–Trinajstić information content (AvgIpc) is 3.04. The molecule has 0 N–H and O–H groups in total. The van der Waals surface area contributed by atoms with Crippen LogP contribution in [0.1, 0.15) is 62.4 Å². The summed E-state index contributed by atoms with van der Waals surface area (Å²) in [5, 5.41) is 0.267. The van der Waals surface area contributed by atoms with E-state index in [1.165, 1.54) is 12.1 Å². The van der Waals surface area contributed by atoms with Gasteiger partial charge in [-0.25, -0.2) is 9.59 Å². The van der Waals surface area contributed by atoms with Gasteiger partial charge in [-0.1, -0.05) is 88.0 Å². The van der Waals surface area contributed by atoms with Crippen LogP contribution >= 0.6 is 11.6 Å². The van der Waals surface area contributed by atoms with Crippen molar-refractivity contribution in [3.8, 4) is 22.6 Å². The van der Waals surface area contributed by atoms with Crippen LogP contribution in [-0.4, -0.2) is 50.9 Å². The number of esters is 3. The fourth-order valence-corrected chi connectivity index (χ4v) is 4.24. The normalized spacial score (nSPS) is 11.0. The number of hydrogen-bond donors (Lipinski definition) is 0. The fourth-order valence-electron chi connectivity index (χ4n) is 4.01. The van der Waals surface area contributed by atoms with E-state index in [9.17, 15) is 14.4 Å². The van der Waals surface area contributed by atoms with Gasteiger partial charge in [0.1, 0.15) is 24.7 Å². The minimum Gasteiger partial charge on any atom is -0.490 e. The van der Waals surface area contributed by atoms with Crippen LogP contribution in [0.5, 0.6) is 11.5 Å². The molecule has 0 aliphatic rings. The molecule has 0 atom stereocenters. The second-order valence-electron chi connectivity index (χ2n) is 10.5. The summed E-state index contributed by atoms with van der Waals surface area (Å²) >= 11 is 6.32. The number of benzene rings is 3. The van der Waals surface area contributed by atoms with Crippen molar-refractivity contribution in [1.29, 1.82) is 0 Å². The van der Waals surface area contributed by atoms with Crippen molar-refractivity contribution < 1.29 is 38.1 Å². The van der Waals surface area contributed by atoms with Crippen LogP contribution in [0.4, 0.5) is 0 Å². The van der Waals surface area contributed by atoms with Gasteiger partial charge in [-0.3, -0.25) is 4.79 Å². The molecule has 45 heavy (non-hydrogen) atoms. The van der Waals surface area contributed by atoms with Gasteiger partial charge >= 0.3 is 17.9 Å². The SMILES string of the molecule is CCCCCCOC(=O)C=Cc1ccc(-c2ccc(OC(=O)c3ccc(OCCOCCOC(=O)C(C)C)c(Cl)c3)cc2)cc1. The number of carbonyl (C=O) groups is 3. The summed E-state index contributed by atoms with van der Waals surface area (Å²) in [6.45, 7) is 7.10. The van der Waals surface area contributed by atoms with Crippen molar-refractivity contribution in [1.82, 2.24) is 0 Å². The molecule has 0 aliphatic heterocycles. The van der Waals surface area contributed by atoms with E-state index in [4.69, 9.17) is 35.3 Å². The Kier molecular flexibility index (Phi) is 15.1. The third-order valence-electron chi connectivity index (χ3n) is 6.56. The van der Waals surface area contributed by atoms with Crippen molar-refractivity contribution in [2.24, 2.45) is 5.92 Å². The first kappa shape index (κ1) is 35.3. The molecule has 9 heteroatoms. The average molecular weight is 637 g/mol. The molecule has 0 heterocycles. The van der Waals surface area contributed by atoms with Crippen LogP contribution < -0.4 is 9.47 Å². The maximum absolute atomic E-state index is 12.7. The standard InChI is InChI=1S/C36H41ClO8/c1-4-5-6-7-20-43-34(38)19-10-27-8-11-28(12-9-27)29-13-16-31(17-14-29)45-36(40)30-15-18-33(32(37)25-30)42-23-21-41-22-24-44-35(39)26(2)3/h8-19,25-26H,4-7,20-24H2,1-3H3. The molecule has 3 aromatic carbocycles. The first-order valence-corrected chi connectivity index (χ1v) is 15.6. The van der Waals surface area contributed by atoms with Crippen molar-refractivity contribution in [3.63, 3.8) is 0 Å². The number of rotatable bonds is 18. The number of ether oxygens (including phenoxy) is 5. The van der Waals surface area contributed by atoms with E-state index >= 15 is 0 Å². The number of carbonyl (C=O) groups excluding carboxylic acids is 3. The molecule has 240 valence electrons. The lowest BCUT2D eigenvalue weighted by molar-refractivity contribution is -0.149. The van der Waals surface area contributed by atoms with E-state index in [0.717, 1.165) is 42.4 Å². The summed E-state index contributed by atoms with van der Waals surface area (Å²) in [5.41, 5.74) is 3.09. The highest BCUT2D eigenvalue weighted by atomic mass is 35.5. The monoisotopic (exact) mass is 636 g/mol. The number of hydrogen-bond acceptors (Lipinski definition) is 8. The molecule has 0 radical (unpaired) electrons. The first-order chi connectivity index (χ1) is 21.8. The molecular formula is C36H41ClO8. The van der Waals surface area contributed by atoms with E-state index in [1.54, 1.807) is 44.2 Å².